The number of benzene rings is 3. The van der Waals surface area contributed by atoms with Crippen molar-refractivity contribution in [2.24, 2.45) is 0 Å². The quantitative estimate of drug-likeness (QED) is 0.405. The van der Waals surface area contributed by atoms with Gasteiger partial charge in [-0.15, -0.1) is 0 Å². The summed E-state index contributed by atoms with van der Waals surface area (Å²) in [7, 11) is 0. The minimum Gasteiger partial charge on any atom is -0.507 e. The summed E-state index contributed by atoms with van der Waals surface area (Å²) < 4.78 is 10.5. The molecule has 0 fully saturated rings. The number of phenolic OH excluding ortho intramolecular Hbond substituents is 1. The number of aliphatic hydroxyl groups is 1. The van der Waals surface area contributed by atoms with Gasteiger partial charge in [0.1, 0.15) is 30.8 Å². The Bertz CT molecular complexity index is 1060. The maximum atomic E-state index is 12.5. The highest BCUT2D eigenvalue weighted by atomic mass is 16.5. The predicted molar refractivity (Wildman–Crippen MR) is 116 cm³/mol. The van der Waals surface area contributed by atoms with Crippen molar-refractivity contribution in [3.63, 3.8) is 0 Å². The van der Waals surface area contributed by atoms with Gasteiger partial charge in [-0.2, -0.15) is 0 Å². The van der Waals surface area contributed by atoms with Gasteiger partial charge in [-0.1, -0.05) is 55.1 Å². The van der Waals surface area contributed by atoms with Crippen molar-refractivity contribution >= 4 is 17.8 Å². The van der Waals surface area contributed by atoms with Gasteiger partial charge in [0, 0.05) is 11.6 Å². The van der Waals surface area contributed by atoms with Crippen molar-refractivity contribution in [2.45, 2.75) is 6.10 Å². The summed E-state index contributed by atoms with van der Waals surface area (Å²) in [6, 6.07) is 19.6. The van der Waals surface area contributed by atoms with Crippen LogP contribution in [0.3, 0.4) is 0 Å². The summed E-state index contributed by atoms with van der Waals surface area (Å²) in [4.78, 5) is 24.5. The highest BCUT2D eigenvalue weighted by Gasteiger charge is 2.15. The van der Waals surface area contributed by atoms with Crippen LogP contribution in [0.5, 0.6) is 11.5 Å². The molecule has 1 unspecified atom stereocenters. The summed E-state index contributed by atoms with van der Waals surface area (Å²) in [5, 5.41) is 20.2. The molecule has 31 heavy (non-hydrogen) atoms. The van der Waals surface area contributed by atoms with Crippen molar-refractivity contribution in [1.82, 2.24) is 0 Å². The molecule has 6 nitrogen and oxygen atoms in total. The average Bonchev–Trinajstić information content (AvgIpc) is 2.81. The molecule has 1 atom stereocenters. The molecule has 0 aromatic heterocycles. The van der Waals surface area contributed by atoms with E-state index < -0.39 is 12.1 Å². The van der Waals surface area contributed by atoms with E-state index in [0.717, 1.165) is 5.56 Å². The maximum absolute atomic E-state index is 12.5. The molecule has 0 saturated carbocycles. The number of carbonyl (C=O) groups excluding carboxylic acids is 2. The van der Waals surface area contributed by atoms with E-state index in [9.17, 15) is 19.8 Å². The number of carbonyl (C=O) groups is 2. The van der Waals surface area contributed by atoms with Gasteiger partial charge in [0.15, 0.2) is 5.78 Å². The fraction of sp³-hybridized carbons (Fsp3) is 0.120. The molecule has 6 heteroatoms. The van der Waals surface area contributed by atoms with Crippen LogP contribution in [0.4, 0.5) is 0 Å². The Morgan fingerprint density at radius 2 is 1.65 bits per heavy atom. The van der Waals surface area contributed by atoms with Crippen LogP contribution in [0.25, 0.3) is 6.08 Å². The highest BCUT2D eigenvalue weighted by Crippen LogP contribution is 2.26. The molecule has 0 aliphatic carbocycles. The first kappa shape index (κ1) is 21.8. The van der Waals surface area contributed by atoms with Crippen molar-refractivity contribution in [1.29, 1.82) is 0 Å². The minimum absolute atomic E-state index is 0.149. The zero-order valence-electron chi connectivity index (χ0n) is 16.7. The van der Waals surface area contributed by atoms with Crippen LogP contribution in [-0.2, 0) is 4.74 Å². The second-order valence-corrected chi connectivity index (χ2v) is 6.76. The van der Waals surface area contributed by atoms with Crippen LogP contribution in [0.15, 0.2) is 79.4 Å². The summed E-state index contributed by atoms with van der Waals surface area (Å²) >= 11 is 0. The molecule has 158 valence electrons. The maximum Gasteiger partial charge on any atom is 0.338 e. The van der Waals surface area contributed by atoms with Gasteiger partial charge in [0.05, 0.1) is 11.1 Å². The van der Waals surface area contributed by atoms with Crippen LogP contribution < -0.4 is 4.74 Å². The molecule has 0 radical (unpaired) electrons. The fourth-order valence-corrected chi connectivity index (χ4v) is 2.79. The van der Waals surface area contributed by atoms with Crippen LogP contribution in [0.1, 0.15) is 31.8 Å². The smallest absolute Gasteiger partial charge is 0.338 e. The van der Waals surface area contributed by atoms with E-state index in [1.54, 1.807) is 60.7 Å². The number of aromatic hydroxyl groups is 1. The first-order valence-electron chi connectivity index (χ1n) is 9.61. The first-order chi connectivity index (χ1) is 15.0. The third-order valence-corrected chi connectivity index (χ3v) is 4.48. The molecule has 3 aromatic carbocycles. The van der Waals surface area contributed by atoms with Gasteiger partial charge >= 0.3 is 5.97 Å². The molecule has 0 spiro atoms. The second kappa shape index (κ2) is 10.2. The number of rotatable bonds is 9. The van der Waals surface area contributed by atoms with Crippen molar-refractivity contribution < 1.29 is 29.3 Å². The van der Waals surface area contributed by atoms with E-state index in [1.165, 1.54) is 18.2 Å². The highest BCUT2D eigenvalue weighted by molar-refractivity contribution is 6.10. The number of phenols is 1. The van der Waals surface area contributed by atoms with Gasteiger partial charge < -0.3 is 19.7 Å². The Balaban J connectivity index is 1.51. The van der Waals surface area contributed by atoms with E-state index >= 15 is 0 Å². The normalized spacial score (nSPS) is 11.4. The summed E-state index contributed by atoms with van der Waals surface area (Å²) in [6.07, 6.45) is 0.599. The molecular weight excluding hydrogens is 396 g/mol. The Morgan fingerprint density at radius 1 is 0.935 bits per heavy atom. The molecule has 3 rings (SSSR count). The van der Waals surface area contributed by atoms with Crippen LogP contribution in [0.2, 0.25) is 0 Å². The molecular formula is C25H22O6. The van der Waals surface area contributed by atoms with Gasteiger partial charge in [0.25, 0.3) is 0 Å². The van der Waals surface area contributed by atoms with E-state index in [0.29, 0.717) is 11.1 Å². The van der Waals surface area contributed by atoms with Crippen molar-refractivity contribution in [3.8, 4) is 11.5 Å². The molecule has 0 amide bonds. The zero-order chi connectivity index (χ0) is 22.2. The lowest BCUT2D eigenvalue weighted by Crippen LogP contribution is -2.25. The van der Waals surface area contributed by atoms with Crippen LogP contribution >= 0.6 is 0 Å². The predicted octanol–water partition coefficient (Wildman–Crippen LogP) is 3.86. The number of ketones is 1. The zero-order valence-corrected chi connectivity index (χ0v) is 16.7. The second-order valence-electron chi connectivity index (χ2n) is 6.76. The lowest BCUT2D eigenvalue weighted by Gasteiger charge is -2.14. The Hall–Kier alpha value is -3.90. The average molecular weight is 418 g/mol. The number of hydrogen-bond acceptors (Lipinski definition) is 6. The Morgan fingerprint density at radius 3 is 2.29 bits per heavy atom. The first-order valence-corrected chi connectivity index (χ1v) is 9.61. The summed E-state index contributed by atoms with van der Waals surface area (Å²) in [5.74, 6) is -0.823. The molecule has 0 aliphatic rings. The third-order valence-electron chi connectivity index (χ3n) is 4.48. The Labute approximate surface area is 180 Å². The van der Waals surface area contributed by atoms with Crippen LogP contribution in [0, 0.1) is 0 Å². The SMILES string of the molecule is C=Cc1ccc(C(=O)OCC(O)COc2ccc(C(=O)c3ccccc3)c(O)c2)cc1. The Kier molecular flexibility index (Phi) is 7.19. The third kappa shape index (κ3) is 5.81. The molecule has 0 aliphatic heterocycles. The topological polar surface area (TPSA) is 93.1 Å². The number of hydrogen-bond donors (Lipinski definition) is 2. The number of aliphatic hydroxyl groups excluding tert-OH is 1. The lowest BCUT2D eigenvalue weighted by molar-refractivity contribution is 0.0130. The molecule has 2 N–H and O–H groups in total. The van der Waals surface area contributed by atoms with E-state index in [2.05, 4.69) is 6.58 Å². The molecule has 3 aromatic rings. The fourth-order valence-electron chi connectivity index (χ4n) is 2.79. The van der Waals surface area contributed by atoms with E-state index in [-0.39, 0.29) is 36.1 Å². The standard InChI is InChI=1S/C25H22O6/c1-2-17-8-10-19(11-9-17)25(29)31-16-20(26)15-30-21-12-13-22(23(27)14-21)24(28)18-6-4-3-5-7-18/h2-14,20,26-27H,1,15-16H2. The van der Waals surface area contributed by atoms with E-state index in [4.69, 9.17) is 9.47 Å². The van der Waals surface area contributed by atoms with E-state index in [1.807, 2.05) is 0 Å². The van der Waals surface area contributed by atoms with Gasteiger partial charge in [-0.25, -0.2) is 4.79 Å². The molecule has 0 saturated heterocycles. The number of esters is 1. The van der Waals surface area contributed by atoms with Gasteiger partial charge in [-0.3, -0.25) is 4.79 Å². The number of ether oxygens (including phenoxy) is 2. The van der Waals surface area contributed by atoms with Crippen molar-refractivity contribution in [3.05, 3.63) is 102 Å². The minimum atomic E-state index is -1.07. The molecule has 0 bridgehead atoms. The van der Waals surface area contributed by atoms with Crippen LogP contribution in [-0.4, -0.2) is 41.3 Å². The van der Waals surface area contributed by atoms with Crippen molar-refractivity contribution in [2.75, 3.05) is 13.2 Å². The monoisotopic (exact) mass is 418 g/mol. The largest absolute Gasteiger partial charge is 0.507 e. The summed E-state index contributed by atoms with van der Waals surface area (Å²) in [5.41, 5.74) is 1.85. The van der Waals surface area contributed by atoms with Gasteiger partial charge in [0.2, 0.25) is 0 Å². The van der Waals surface area contributed by atoms with Gasteiger partial charge in [-0.05, 0) is 29.8 Å². The summed E-state index contributed by atoms with van der Waals surface area (Å²) in [6.45, 7) is 3.24. The lowest BCUT2D eigenvalue weighted by atomic mass is 10.0. The molecule has 0 heterocycles.